The highest BCUT2D eigenvalue weighted by Gasteiger charge is 2.49. The number of aliphatic carboxylic acids is 1. The molecule has 0 saturated heterocycles. The molecule has 13 heteroatoms. The molecule has 2 aromatic carbocycles. The molecule has 0 amide bonds. The van der Waals surface area contributed by atoms with Gasteiger partial charge in [0.2, 0.25) is 5.75 Å². The molecule has 1 heterocycles. The van der Waals surface area contributed by atoms with E-state index in [9.17, 15) is 39.7 Å². The minimum atomic E-state index is -1.07. The lowest BCUT2D eigenvalue weighted by molar-refractivity contribution is -0.394. The molecule has 0 spiro atoms. The van der Waals surface area contributed by atoms with Crippen LogP contribution in [-0.2, 0) is 14.4 Å². The highest BCUT2D eigenvalue weighted by molar-refractivity contribution is 9.10. The first-order valence-electron chi connectivity index (χ1n) is 13.9. The number of nitro groups is 2. The maximum Gasteiger partial charge on any atom is 0.323 e. The minimum Gasteiger partial charge on any atom is -0.480 e. The van der Waals surface area contributed by atoms with Crippen molar-refractivity contribution in [1.29, 1.82) is 0 Å². The second kappa shape index (κ2) is 11.0. The van der Waals surface area contributed by atoms with Crippen LogP contribution in [0, 0.1) is 31.1 Å². The van der Waals surface area contributed by atoms with Crippen molar-refractivity contribution in [2.24, 2.45) is 10.8 Å². The number of carbonyl (C=O) groups excluding carboxylic acids is 2. The maximum atomic E-state index is 13.8. The fraction of sp³-hybridized carbons (Fsp3) is 0.387. The monoisotopic (exact) mass is 667 g/mol. The van der Waals surface area contributed by atoms with Gasteiger partial charge in [0.1, 0.15) is 12.3 Å². The lowest BCUT2D eigenvalue weighted by atomic mass is 9.63. The Hall–Kier alpha value is -4.39. The third-order valence-corrected chi connectivity index (χ3v) is 8.79. The molecular formula is C31H30BrN3O9. The molecule has 2 aromatic rings. The first-order chi connectivity index (χ1) is 20.5. The van der Waals surface area contributed by atoms with Gasteiger partial charge in [-0.1, -0.05) is 33.8 Å². The Labute approximate surface area is 260 Å². The van der Waals surface area contributed by atoms with Gasteiger partial charge in [-0.05, 0) is 63.4 Å². The average Bonchev–Trinajstić information content (AvgIpc) is 2.89. The first-order valence-corrected chi connectivity index (χ1v) is 14.7. The van der Waals surface area contributed by atoms with Gasteiger partial charge in [-0.2, -0.15) is 0 Å². The van der Waals surface area contributed by atoms with Crippen molar-refractivity contribution in [2.45, 2.75) is 59.3 Å². The molecule has 5 rings (SSSR count). The Balaban J connectivity index is 1.64. The van der Waals surface area contributed by atoms with Crippen LogP contribution >= 0.6 is 15.9 Å². The summed E-state index contributed by atoms with van der Waals surface area (Å²) in [5.41, 5.74) is 0.758. The summed E-state index contributed by atoms with van der Waals surface area (Å²) in [7, 11) is 0. The van der Waals surface area contributed by atoms with E-state index in [0.717, 1.165) is 18.2 Å². The second-order valence-electron chi connectivity index (χ2n) is 13.0. The third kappa shape index (κ3) is 5.75. The number of nitrogens with zero attached hydrogens (tertiary/aromatic N) is 3. The molecule has 0 bridgehead atoms. The zero-order chi connectivity index (χ0) is 32.3. The van der Waals surface area contributed by atoms with E-state index in [1.807, 2.05) is 27.7 Å². The van der Waals surface area contributed by atoms with E-state index in [-0.39, 0.29) is 42.5 Å². The molecule has 0 unspecified atom stereocenters. The smallest absolute Gasteiger partial charge is 0.323 e. The van der Waals surface area contributed by atoms with E-state index in [1.54, 1.807) is 23.1 Å². The number of benzene rings is 2. The number of hydrogen-bond donors (Lipinski definition) is 1. The quantitative estimate of drug-likeness (QED) is 0.244. The van der Waals surface area contributed by atoms with Gasteiger partial charge in [-0.15, -0.1) is 0 Å². The van der Waals surface area contributed by atoms with E-state index in [4.69, 9.17) is 4.74 Å². The van der Waals surface area contributed by atoms with Crippen molar-refractivity contribution in [3.63, 3.8) is 0 Å². The molecule has 0 aromatic heterocycles. The van der Waals surface area contributed by atoms with Crippen molar-refractivity contribution < 1.29 is 34.1 Å². The Morgan fingerprint density at radius 1 is 0.909 bits per heavy atom. The summed E-state index contributed by atoms with van der Waals surface area (Å²) in [6, 6.07) is 7.96. The van der Waals surface area contributed by atoms with Gasteiger partial charge in [0, 0.05) is 47.4 Å². The zero-order valence-electron chi connectivity index (χ0n) is 24.5. The summed E-state index contributed by atoms with van der Waals surface area (Å²) >= 11 is 3.46. The Morgan fingerprint density at radius 3 is 1.93 bits per heavy atom. The maximum absolute atomic E-state index is 13.8. The van der Waals surface area contributed by atoms with Crippen LogP contribution in [0.15, 0.2) is 63.4 Å². The van der Waals surface area contributed by atoms with E-state index in [1.165, 1.54) is 0 Å². The summed E-state index contributed by atoms with van der Waals surface area (Å²) in [6.45, 7) is 7.47. The number of Topliss-reactive ketones (excluding diaryl/α,β-unsaturated/α-hetero) is 2. The molecule has 0 atom stereocenters. The van der Waals surface area contributed by atoms with Gasteiger partial charge in [-0.25, -0.2) is 0 Å². The van der Waals surface area contributed by atoms with E-state index in [0.29, 0.717) is 45.4 Å². The van der Waals surface area contributed by atoms with Gasteiger partial charge in [-0.3, -0.25) is 34.6 Å². The zero-order valence-corrected chi connectivity index (χ0v) is 26.1. The number of carbonyl (C=O) groups is 3. The minimum absolute atomic E-state index is 0.154. The van der Waals surface area contributed by atoms with Crippen LogP contribution < -0.4 is 4.74 Å². The van der Waals surface area contributed by atoms with Crippen molar-refractivity contribution in [3.05, 3.63) is 89.2 Å². The van der Waals surface area contributed by atoms with Gasteiger partial charge in [0.15, 0.2) is 11.6 Å². The van der Waals surface area contributed by atoms with Gasteiger partial charge in [0.05, 0.1) is 20.4 Å². The van der Waals surface area contributed by atoms with Crippen molar-refractivity contribution in [1.82, 2.24) is 4.90 Å². The van der Waals surface area contributed by atoms with E-state index in [2.05, 4.69) is 15.9 Å². The standard InChI is InChI=1S/C31H30BrN3O9/c1-30(2)11-20-28(22(36)13-30)27(29-21(33(20)15-26(38)39)12-31(3,4)14-23(29)37)16-5-7-24(18(32)9-16)44-25-8-6-17(34(40)41)10-19(25)35(42)43/h5-10,27H,11-15H2,1-4H3,(H,38,39). The Morgan fingerprint density at radius 2 is 1.45 bits per heavy atom. The Kier molecular flexibility index (Phi) is 7.73. The van der Waals surface area contributed by atoms with Crippen LogP contribution in [0.4, 0.5) is 11.4 Å². The number of carboxylic acid groups (broad SMARTS) is 1. The summed E-state index contributed by atoms with van der Waals surface area (Å²) in [5.74, 6) is -2.16. The predicted octanol–water partition coefficient (Wildman–Crippen LogP) is 6.83. The molecule has 0 saturated carbocycles. The second-order valence-corrected chi connectivity index (χ2v) is 13.8. The summed E-state index contributed by atoms with van der Waals surface area (Å²) < 4.78 is 6.17. The summed E-state index contributed by atoms with van der Waals surface area (Å²) in [6.07, 6.45) is 1.38. The highest BCUT2D eigenvalue weighted by Crippen LogP contribution is 2.55. The number of ketones is 2. The average molecular weight is 668 g/mol. The van der Waals surface area contributed by atoms with Crippen LogP contribution in [0.25, 0.3) is 0 Å². The number of allylic oxidation sites excluding steroid dienone is 4. The van der Waals surface area contributed by atoms with Crippen molar-refractivity contribution in [3.8, 4) is 11.5 Å². The molecule has 230 valence electrons. The van der Waals surface area contributed by atoms with Crippen LogP contribution in [0.3, 0.4) is 0 Å². The molecule has 0 fully saturated rings. The molecule has 44 heavy (non-hydrogen) atoms. The lowest BCUT2D eigenvalue weighted by Crippen LogP contribution is -2.45. The SMILES string of the molecule is CC1(C)CC(=O)C2=C(C1)N(CC(=O)O)C1=C(C(=O)CC(C)(C)C1)C2c1ccc(Oc2ccc([N+](=O)[O-])cc2[N+](=O)[O-])c(Br)c1. The summed E-state index contributed by atoms with van der Waals surface area (Å²) in [4.78, 5) is 62.6. The molecule has 1 aliphatic heterocycles. The lowest BCUT2D eigenvalue weighted by Gasteiger charge is -2.48. The molecule has 1 N–H and O–H groups in total. The number of nitro benzene ring substituents is 2. The van der Waals surface area contributed by atoms with Crippen LogP contribution in [-0.4, -0.2) is 43.9 Å². The third-order valence-electron chi connectivity index (χ3n) is 8.17. The van der Waals surface area contributed by atoms with Gasteiger partial charge in [0.25, 0.3) is 5.69 Å². The van der Waals surface area contributed by atoms with Crippen LogP contribution in [0.1, 0.15) is 64.9 Å². The van der Waals surface area contributed by atoms with Crippen molar-refractivity contribution in [2.75, 3.05) is 6.54 Å². The Bertz CT molecular complexity index is 1670. The molecular weight excluding hydrogens is 638 g/mol. The molecule has 2 aliphatic carbocycles. The number of hydrogen-bond acceptors (Lipinski definition) is 9. The van der Waals surface area contributed by atoms with Gasteiger partial charge >= 0.3 is 11.7 Å². The highest BCUT2D eigenvalue weighted by atomic mass is 79.9. The molecule has 3 aliphatic rings. The van der Waals surface area contributed by atoms with Crippen LogP contribution in [0.2, 0.25) is 0 Å². The number of non-ortho nitro benzene ring substituents is 1. The largest absolute Gasteiger partial charge is 0.480 e. The van der Waals surface area contributed by atoms with E-state index >= 15 is 0 Å². The molecule has 0 radical (unpaired) electrons. The number of halogens is 1. The predicted molar refractivity (Wildman–Crippen MR) is 161 cm³/mol. The summed E-state index contributed by atoms with van der Waals surface area (Å²) in [5, 5.41) is 32.6. The van der Waals surface area contributed by atoms with E-state index < -0.39 is 43.9 Å². The molecule has 12 nitrogen and oxygen atoms in total. The number of rotatable bonds is 7. The normalized spacial score (nSPS) is 19.4. The van der Waals surface area contributed by atoms with Gasteiger partial charge < -0.3 is 14.7 Å². The van der Waals surface area contributed by atoms with Crippen LogP contribution in [0.5, 0.6) is 11.5 Å². The van der Waals surface area contributed by atoms with Crippen molar-refractivity contribution >= 4 is 44.8 Å². The topological polar surface area (TPSA) is 170 Å². The fourth-order valence-corrected chi connectivity index (χ4v) is 6.93. The number of carboxylic acids is 1. The first kappa shape index (κ1) is 31.0. The number of ether oxygens (including phenoxy) is 1. The fourth-order valence-electron chi connectivity index (χ4n) is 6.45.